The maximum absolute atomic E-state index is 13.7. The van der Waals surface area contributed by atoms with E-state index in [4.69, 9.17) is 14.2 Å². The molecule has 0 spiro atoms. The van der Waals surface area contributed by atoms with Crippen molar-refractivity contribution >= 4 is 6.09 Å². The van der Waals surface area contributed by atoms with Crippen molar-refractivity contribution in [3.63, 3.8) is 0 Å². The van der Waals surface area contributed by atoms with E-state index in [0.717, 1.165) is 48.8 Å². The molecule has 0 aliphatic heterocycles. The molecule has 1 atom stereocenters. The first kappa shape index (κ1) is 45.2. The Kier molecular flexibility index (Phi) is 24.4. The molecule has 5 heteroatoms. The van der Waals surface area contributed by atoms with Crippen molar-refractivity contribution in [1.82, 2.24) is 4.90 Å². The lowest BCUT2D eigenvalue weighted by atomic mass is 9.80. The fourth-order valence-corrected chi connectivity index (χ4v) is 7.28. The second-order valence-electron chi connectivity index (χ2n) is 15.2. The van der Waals surface area contributed by atoms with Crippen LogP contribution >= 0.6 is 0 Å². The Morgan fingerprint density at radius 1 is 0.500 bits per heavy atom. The van der Waals surface area contributed by atoms with Gasteiger partial charge < -0.3 is 19.1 Å². The zero-order valence-electron chi connectivity index (χ0n) is 34.5. The largest absolute Gasteiger partial charge is 0.441 e. The highest BCUT2D eigenvalue weighted by molar-refractivity contribution is 5.67. The van der Waals surface area contributed by atoms with Crippen LogP contribution in [0, 0.1) is 0 Å². The average molecular weight is 742 g/mol. The number of carbonyl (C=O) groups is 1. The third-order valence-electron chi connectivity index (χ3n) is 10.6. The third kappa shape index (κ3) is 17.1. The predicted molar refractivity (Wildman–Crippen MR) is 227 cm³/mol. The average Bonchev–Trinajstić information content (AvgIpc) is 3.21. The number of rotatable bonds is 32. The van der Waals surface area contributed by atoms with Crippen molar-refractivity contribution in [2.75, 3.05) is 32.9 Å². The minimum Gasteiger partial charge on any atom is -0.441 e. The molecule has 0 bridgehead atoms. The van der Waals surface area contributed by atoms with E-state index >= 15 is 0 Å². The van der Waals surface area contributed by atoms with Crippen molar-refractivity contribution in [1.29, 1.82) is 0 Å². The maximum atomic E-state index is 13.7. The summed E-state index contributed by atoms with van der Waals surface area (Å²) in [6.45, 7) is 9.15. The van der Waals surface area contributed by atoms with Crippen LogP contribution in [0.25, 0.3) is 0 Å². The number of carbonyl (C=O) groups excluding carboxylic acids is 1. The second kappa shape index (κ2) is 29.2. The van der Waals surface area contributed by atoms with E-state index in [1.807, 2.05) is 23.1 Å². The summed E-state index contributed by atoms with van der Waals surface area (Å²) < 4.78 is 19.6. The molecule has 0 aliphatic carbocycles. The molecular weight excluding hydrogens is 667 g/mol. The number of unbranched alkanes of at least 4 members (excludes halogenated alkanes) is 17. The standard InChI is InChI=1S/C49H75NO4/c1-4-7-10-11-12-13-14-15-16-17-18-19-20-21-22-32-41-52-42-47(54-48(51)50(39-8-5-2)40-9-6-3)43-53-49(44-33-26-23-27-34-44,45-35-28-24-29-36-45)46-37-30-25-31-38-46/h23-31,33-38,47H,4-22,32,39-43H2,1-3H3. The summed E-state index contributed by atoms with van der Waals surface area (Å²) >= 11 is 0. The molecule has 0 saturated carbocycles. The quantitative estimate of drug-likeness (QED) is 0.0472. The minimum absolute atomic E-state index is 0.193. The van der Waals surface area contributed by atoms with E-state index in [9.17, 15) is 4.79 Å². The monoisotopic (exact) mass is 742 g/mol. The summed E-state index contributed by atoms with van der Waals surface area (Å²) in [6, 6.07) is 31.1. The van der Waals surface area contributed by atoms with Gasteiger partial charge in [0.2, 0.25) is 0 Å². The van der Waals surface area contributed by atoms with Gasteiger partial charge in [-0.3, -0.25) is 0 Å². The molecule has 54 heavy (non-hydrogen) atoms. The van der Waals surface area contributed by atoms with Gasteiger partial charge in [0, 0.05) is 19.7 Å². The predicted octanol–water partition coefficient (Wildman–Crippen LogP) is 13.7. The first-order valence-corrected chi connectivity index (χ1v) is 22.0. The van der Waals surface area contributed by atoms with E-state index in [2.05, 4.69) is 93.6 Å². The van der Waals surface area contributed by atoms with Crippen LogP contribution < -0.4 is 0 Å². The molecular formula is C49H75NO4. The summed E-state index contributed by atoms with van der Waals surface area (Å²) in [6.07, 6.45) is 24.6. The van der Waals surface area contributed by atoms with E-state index < -0.39 is 11.7 Å². The van der Waals surface area contributed by atoms with Gasteiger partial charge in [-0.1, -0.05) is 221 Å². The van der Waals surface area contributed by atoms with Gasteiger partial charge in [0.05, 0.1) is 13.2 Å². The molecule has 0 aromatic heterocycles. The zero-order chi connectivity index (χ0) is 38.4. The van der Waals surface area contributed by atoms with Crippen molar-refractivity contribution in [2.24, 2.45) is 0 Å². The Morgan fingerprint density at radius 3 is 1.26 bits per heavy atom. The van der Waals surface area contributed by atoms with E-state index in [1.165, 1.54) is 96.3 Å². The first-order chi connectivity index (χ1) is 26.7. The summed E-state index contributed by atoms with van der Waals surface area (Å²) in [7, 11) is 0. The Hall–Kier alpha value is -3.15. The van der Waals surface area contributed by atoms with Crippen molar-refractivity contribution in [3.8, 4) is 0 Å². The lowest BCUT2D eigenvalue weighted by Gasteiger charge is -2.37. The SMILES string of the molecule is CCCCCCCCCCCCCCCCCCOCC(COC(c1ccccc1)(c1ccccc1)c1ccccc1)OC(=O)N(CCCC)CCCC. The second-order valence-corrected chi connectivity index (χ2v) is 15.2. The van der Waals surface area contributed by atoms with Gasteiger partial charge in [-0.25, -0.2) is 4.79 Å². The number of benzene rings is 3. The van der Waals surface area contributed by atoms with E-state index in [-0.39, 0.29) is 12.7 Å². The van der Waals surface area contributed by atoms with Gasteiger partial charge in [-0.05, 0) is 36.0 Å². The van der Waals surface area contributed by atoms with Gasteiger partial charge in [0.1, 0.15) is 5.60 Å². The van der Waals surface area contributed by atoms with Gasteiger partial charge in [0.25, 0.3) is 0 Å². The number of hydrogen-bond donors (Lipinski definition) is 0. The number of amides is 1. The molecule has 1 amide bonds. The molecule has 3 rings (SSSR count). The first-order valence-electron chi connectivity index (χ1n) is 22.0. The van der Waals surface area contributed by atoms with Crippen LogP contribution in [0.4, 0.5) is 4.79 Å². The van der Waals surface area contributed by atoms with Crippen molar-refractivity contribution in [2.45, 2.75) is 161 Å². The summed E-state index contributed by atoms with van der Waals surface area (Å²) in [5, 5.41) is 0. The lowest BCUT2D eigenvalue weighted by Crippen LogP contribution is -2.41. The highest BCUT2D eigenvalue weighted by atomic mass is 16.6. The van der Waals surface area contributed by atoms with Crippen molar-refractivity contribution < 1.29 is 19.0 Å². The minimum atomic E-state index is -0.896. The van der Waals surface area contributed by atoms with Crippen LogP contribution in [0.1, 0.15) is 166 Å². The molecule has 0 N–H and O–H groups in total. The van der Waals surface area contributed by atoms with Gasteiger partial charge in [-0.2, -0.15) is 0 Å². The number of ether oxygens (including phenoxy) is 3. The molecule has 0 fully saturated rings. The Morgan fingerprint density at radius 2 is 0.870 bits per heavy atom. The van der Waals surface area contributed by atoms with Gasteiger partial charge >= 0.3 is 6.09 Å². The normalized spacial score (nSPS) is 12.1. The maximum Gasteiger partial charge on any atom is 0.410 e. The molecule has 1 unspecified atom stereocenters. The summed E-state index contributed by atoms with van der Waals surface area (Å²) in [5.74, 6) is 0. The van der Waals surface area contributed by atoms with Crippen LogP contribution in [0.15, 0.2) is 91.0 Å². The van der Waals surface area contributed by atoms with Crippen LogP contribution in [0.2, 0.25) is 0 Å². The molecule has 5 nitrogen and oxygen atoms in total. The number of nitrogens with zero attached hydrogens (tertiary/aromatic N) is 1. The fraction of sp³-hybridized carbons (Fsp3) is 0.612. The van der Waals surface area contributed by atoms with Crippen LogP contribution in [-0.2, 0) is 19.8 Å². The molecule has 0 aliphatic rings. The smallest absolute Gasteiger partial charge is 0.410 e. The van der Waals surface area contributed by atoms with Crippen LogP contribution in [-0.4, -0.2) is 50.0 Å². The van der Waals surface area contributed by atoms with E-state index in [1.54, 1.807) is 0 Å². The lowest BCUT2D eigenvalue weighted by molar-refractivity contribution is -0.0739. The molecule has 300 valence electrons. The van der Waals surface area contributed by atoms with E-state index in [0.29, 0.717) is 26.3 Å². The van der Waals surface area contributed by atoms with Crippen molar-refractivity contribution in [3.05, 3.63) is 108 Å². The zero-order valence-corrected chi connectivity index (χ0v) is 34.5. The summed E-state index contributed by atoms with van der Waals surface area (Å²) in [4.78, 5) is 15.6. The highest BCUT2D eigenvalue weighted by Crippen LogP contribution is 2.40. The van der Waals surface area contributed by atoms with Crippen LogP contribution in [0.3, 0.4) is 0 Å². The molecule has 3 aromatic rings. The molecule has 0 radical (unpaired) electrons. The fourth-order valence-electron chi connectivity index (χ4n) is 7.28. The molecule has 0 heterocycles. The third-order valence-corrected chi connectivity index (χ3v) is 10.6. The topological polar surface area (TPSA) is 48.0 Å². The summed E-state index contributed by atoms with van der Waals surface area (Å²) in [5.41, 5.74) is 2.17. The van der Waals surface area contributed by atoms with Gasteiger partial charge in [0.15, 0.2) is 6.10 Å². The Balaban J connectivity index is 1.56. The molecule has 3 aromatic carbocycles. The van der Waals surface area contributed by atoms with Gasteiger partial charge in [-0.15, -0.1) is 0 Å². The highest BCUT2D eigenvalue weighted by Gasteiger charge is 2.38. The number of hydrogen-bond acceptors (Lipinski definition) is 4. The Labute approximate surface area is 330 Å². The Bertz CT molecular complexity index is 1200. The molecule has 0 saturated heterocycles. The van der Waals surface area contributed by atoms with Crippen LogP contribution in [0.5, 0.6) is 0 Å².